The van der Waals surface area contributed by atoms with Gasteiger partial charge < -0.3 is 14.3 Å². The first-order valence-corrected chi connectivity index (χ1v) is 8.82. The molecule has 4 aromatic rings. The fourth-order valence-corrected chi connectivity index (χ4v) is 3.02. The number of hydrogen-bond acceptors (Lipinski definition) is 3. The van der Waals surface area contributed by atoms with E-state index in [-0.39, 0.29) is 5.56 Å². The van der Waals surface area contributed by atoms with E-state index in [2.05, 4.69) is 0 Å². The van der Waals surface area contributed by atoms with Gasteiger partial charge in [-0.05, 0) is 47.5 Å². The summed E-state index contributed by atoms with van der Waals surface area (Å²) in [5, 5.41) is 10.1. The van der Waals surface area contributed by atoms with Crippen molar-refractivity contribution >= 4 is 29.1 Å². The molecule has 0 amide bonds. The first-order valence-electron chi connectivity index (χ1n) is 8.82. The fourth-order valence-electron chi connectivity index (χ4n) is 3.02. The van der Waals surface area contributed by atoms with Crippen LogP contribution in [0.4, 0.5) is 0 Å². The molecule has 0 aliphatic carbocycles. The van der Waals surface area contributed by atoms with Crippen molar-refractivity contribution in [2.45, 2.75) is 0 Å². The summed E-state index contributed by atoms with van der Waals surface area (Å²) >= 11 is 0. The summed E-state index contributed by atoms with van der Waals surface area (Å²) in [6.45, 7) is 0. The highest BCUT2D eigenvalue weighted by Gasteiger charge is 2.07. The molecule has 1 aromatic heterocycles. The molecule has 0 aliphatic rings. The fraction of sp³-hybridized carbons (Fsp3) is 0.0417. The molecule has 0 fully saturated rings. The Morgan fingerprint density at radius 2 is 1.71 bits per heavy atom. The number of methoxy groups -OCH3 is 1. The van der Waals surface area contributed by atoms with E-state index in [1.54, 1.807) is 25.3 Å². The molecule has 138 valence electrons. The van der Waals surface area contributed by atoms with Crippen LogP contribution in [0, 0.1) is 0 Å². The Morgan fingerprint density at radius 3 is 2.46 bits per heavy atom. The number of fused-ring (bicyclic) bond motifs is 1. The summed E-state index contributed by atoms with van der Waals surface area (Å²) in [7, 11) is 1.65. The lowest BCUT2D eigenvalue weighted by molar-refractivity contribution is 0.0697. The number of carboxylic acid groups (broad SMARTS) is 1. The highest BCUT2D eigenvalue weighted by Crippen LogP contribution is 2.30. The Balaban J connectivity index is 1.55. The maximum atomic E-state index is 11.1. The minimum atomic E-state index is -0.928. The van der Waals surface area contributed by atoms with E-state index >= 15 is 0 Å². The Labute approximate surface area is 162 Å². The minimum absolute atomic E-state index is 0.277. The van der Waals surface area contributed by atoms with Crippen LogP contribution in [-0.4, -0.2) is 18.2 Å². The third kappa shape index (κ3) is 3.67. The van der Waals surface area contributed by atoms with Gasteiger partial charge >= 0.3 is 5.97 Å². The number of benzene rings is 3. The number of aromatic carboxylic acids is 1. The van der Waals surface area contributed by atoms with Crippen molar-refractivity contribution in [3.63, 3.8) is 0 Å². The van der Waals surface area contributed by atoms with Gasteiger partial charge in [-0.15, -0.1) is 0 Å². The molecule has 28 heavy (non-hydrogen) atoms. The molecule has 0 spiro atoms. The Bertz CT molecular complexity index is 1170. The van der Waals surface area contributed by atoms with E-state index < -0.39 is 5.97 Å². The molecule has 0 aliphatic heterocycles. The van der Waals surface area contributed by atoms with Gasteiger partial charge in [-0.1, -0.05) is 48.6 Å². The zero-order valence-electron chi connectivity index (χ0n) is 15.3. The number of carboxylic acids is 1. The van der Waals surface area contributed by atoms with Crippen LogP contribution in [0.5, 0.6) is 5.75 Å². The number of furan rings is 1. The summed E-state index contributed by atoms with van der Waals surface area (Å²) in [6, 6.07) is 22.6. The first kappa shape index (κ1) is 17.6. The van der Waals surface area contributed by atoms with Crippen molar-refractivity contribution in [2.75, 3.05) is 7.11 Å². The summed E-state index contributed by atoms with van der Waals surface area (Å²) in [6.07, 6.45) is 3.85. The summed E-state index contributed by atoms with van der Waals surface area (Å²) in [4.78, 5) is 11.1. The largest absolute Gasteiger partial charge is 0.497 e. The third-order valence-electron chi connectivity index (χ3n) is 4.52. The van der Waals surface area contributed by atoms with E-state index in [0.29, 0.717) is 0 Å². The summed E-state index contributed by atoms with van der Waals surface area (Å²) in [5.41, 5.74) is 3.94. The molecule has 4 heteroatoms. The van der Waals surface area contributed by atoms with Crippen molar-refractivity contribution in [3.8, 4) is 17.1 Å². The molecule has 4 rings (SSSR count). The molecule has 0 saturated carbocycles. The SMILES string of the molecule is COc1ccc2oc(-c3ccc(/C=C/c4cccc(C(=O)O)c4)cc3)cc2c1. The average Bonchev–Trinajstić information content (AvgIpc) is 3.16. The minimum Gasteiger partial charge on any atom is -0.497 e. The number of rotatable bonds is 5. The van der Waals surface area contributed by atoms with Gasteiger partial charge in [0.2, 0.25) is 0 Å². The van der Waals surface area contributed by atoms with E-state index in [4.69, 9.17) is 14.3 Å². The smallest absolute Gasteiger partial charge is 0.335 e. The predicted molar refractivity (Wildman–Crippen MR) is 111 cm³/mol. The Morgan fingerprint density at radius 1 is 0.929 bits per heavy atom. The van der Waals surface area contributed by atoms with Crippen molar-refractivity contribution in [3.05, 3.63) is 89.5 Å². The van der Waals surface area contributed by atoms with Crippen LogP contribution in [-0.2, 0) is 0 Å². The van der Waals surface area contributed by atoms with E-state index in [0.717, 1.165) is 39.2 Å². The molecule has 0 saturated heterocycles. The summed E-state index contributed by atoms with van der Waals surface area (Å²) < 4.78 is 11.2. The normalized spacial score (nSPS) is 11.2. The van der Waals surface area contributed by atoms with Gasteiger partial charge in [0.25, 0.3) is 0 Å². The molecule has 1 heterocycles. The van der Waals surface area contributed by atoms with Crippen LogP contribution < -0.4 is 4.74 Å². The predicted octanol–water partition coefficient (Wildman–Crippen LogP) is 5.98. The van der Waals surface area contributed by atoms with E-state index in [1.807, 2.05) is 66.7 Å². The standard InChI is InChI=1S/C24H18O4/c1-27-21-11-12-22-20(14-21)15-23(28-22)18-9-7-16(8-10-18)5-6-17-3-2-4-19(13-17)24(25)26/h2-15H,1H3,(H,25,26)/b6-5+. The Kier molecular flexibility index (Phi) is 4.68. The highest BCUT2D eigenvalue weighted by molar-refractivity contribution is 5.89. The molecule has 0 radical (unpaired) electrons. The lowest BCUT2D eigenvalue weighted by Gasteiger charge is -1.99. The zero-order valence-corrected chi connectivity index (χ0v) is 15.3. The molecule has 0 bridgehead atoms. The van der Waals surface area contributed by atoms with Gasteiger partial charge in [-0.3, -0.25) is 0 Å². The molecule has 4 nitrogen and oxygen atoms in total. The first-order chi connectivity index (χ1) is 13.6. The van der Waals surface area contributed by atoms with Gasteiger partial charge in [0.15, 0.2) is 0 Å². The van der Waals surface area contributed by atoms with Crippen LogP contribution in [0.3, 0.4) is 0 Å². The molecule has 0 unspecified atom stereocenters. The quantitative estimate of drug-likeness (QED) is 0.439. The zero-order chi connectivity index (χ0) is 19.5. The van der Waals surface area contributed by atoms with Gasteiger partial charge in [0, 0.05) is 10.9 Å². The van der Waals surface area contributed by atoms with Crippen molar-refractivity contribution in [2.24, 2.45) is 0 Å². The molecule has 0 atom stereocenters. The van der Waals surface area contributed by atoms with Gasteiger partial charge in [-0.2, -0.15) is 0 Å². The van der Waals surface area contributed by atoms with Crippen LogP contribution in [0.2, 0.25) is 0 Å². The van der Waals surface area contributed by atoms with E-state index in [1.165, 1.54) is 0 Å². The third-order valence-corrected chi connectivity index (χ3v) is 4.52. The molecular formula is C24H18O4. The topological polar surface area (TPSA) is 59.7 Å². The van der Waals surface area contributed by atoms with Gasteiger partial charge in [0.1, 0.15) is 17.1 Å². The molecule has 3 aromatic carbocycles. The van der Waals surface area contributed by atoms with Crippen LogP contribution in [0.1, 0.15) is 21.5 Å². The number of hydrogen-bond donors (Lipinski definition) is 1. The highest BCUT2D eigenvalue weighted by atomic mass is 16.5. The molecular weight excluding hydrogens is 352 g/mol. The number of ether oxygens (including phenoxy) is 1. The van der Waals surface area contributed by atoms with Gasteiger partial charge in [-0.25, -0.2) is 4.79 Å². The average molecular weight is 370 g/mol. The number of carbonyl (C=O) groups is 1. The van der Waals surface area contributed by atoms with Crippen molar-refractivity contribution in [1.29, 1.82) is 0 Å². The lowest BCUT2D eigenvalue weighted by Crippen LogP contribution is -1.95. The van der Waals surface area contributed by atoms with Crippen LogP contribution >= 0.6 is 0 Å². The second-order valence-electron chi connectivity index (χ2n) is 6.40. The maximum Gasteiger partial charge on any atom is 0.335 e. The van der Waals surface area contributed by atoms with Gasteiger partial charge in [0.05, 0.1) is 12.7 Å². The van der Waals surface area contributed by atoms with Crippen molar-refractivity contribution in [1.82, 2.24) is 0 Å². The van der Waals surface area contributed by atoms with Crippen molar-refractivity contribution < 1.29 is 19.1 Å². The van der Waals surface area contributed by atoms with E-state index in [9.17, 15) is 4.79 Å². The summed E-state index contributed by atoms with van der Waals surface area (Å²) in [5.74, 6) is 0.670. The molecule has 1 N–H and O–H groups in total. The monoisotopic (exact) mass is 370 g/mol. The maximum absolute atomic E-state index is 11.1. The second-order valence-corrected chi connectivity index (χ2v) is 6.40. The lowest BCUT2D eigenvalue weighted by atomic mass is 10.1. The van der Waals surface area contributed by atoms with Crippen LogP contribution in [0.25, 0.3) is 34.4 Å². The van der Waals surface area contributed by atoms with Crippen LogP contribution in [0.15, 0.2) is 77.2 Å². The Hall–Kier alpha value is -3.79. The second kappa shape index (κ2) is 7.45.